The van der Waals surface area contributed by atoms with Crippen molar-refractivity contribution in [3.8, 4) is 5.75 Å². The molecule has 2 heterocycles. The number of rotatable bonds is 6. The lowest BCUT2D eigenvalue weighted by Gasteiger charge is -2.30. The monoisotopic (exact) mass is 470 g/mol. The molecule has 0 radical (unpaired) electrons. The molecule has 0 fully saturated rings. The summed E-state index contributed by atoms with van der Waals surface area (Å²) in [6.07, 6.45) is 0.634. The quantitative estimate of drug-likeness (QED) is 0.410. The molecule has 0 aliphatic rings. The summed E-state index contributed by atoms with van der Waals surface area (Å²) in [5.41, 5.74) is 0.734. The Labute approximate surface area is 191 Å². The van der Waals surface area contributed by atoms with Gasteiger partial charge in [-0.15, -0.1) is 11.3 Å². The SMILES string of the molecule is COc1ccc2[nH]c(=O)c3sccc3c2c1N(CCC(C)(C)C)S(=O)(=O)c1ccccc1. The van der Waals surface area contributed by atoms with Crippen molar-refractivity contribution < 1.29 is 13.2 Å². The Morgan fingerprint density at radius 3 is 2.44 bits per heavy atom. The standard InChI is InChI=1S/C24H26N2O4S2/c1-24(2,3)13-14-26(32(28,29)16-8-6-5-7-9-16)21-19(30-4)11-10-18-20(21)17-12-15-31-22(17)23(27)25-18/h5-12,15H,13-14H2,1-4H3,(H,25,27). The highest BCUT2D eigenvalue weighted by Gasteiger charge is 2.31. The highest BCUT2D eigenvalue weighted by Crippen LogP contribution is 2.42. The molecule has 8 heteroatoms. The van der Waals surface area contributed by atoms with Gasteiger partial charge in [0.2, 0.25) is 0 Å². The summed E-state index contributed by atoms with van der Waals surface area (Å²) in [5.74, 6) is 0.436. The van der Waals surface area contributed by atoms with Crippen LogP contribution < -0.4 is 14.6 Å². The molecule has 0 amide bonds. The molecule has 2 aromatic carbocycles. The summed E-state index contributed by atoms with van der Waals surface area (Å²) in [6.45, 7) is 6.50. The highest BCUT2D eigenvalue weighted by atomic mass is 32.2. The average Bonchev–Trinajstić information content (AvgIpc) is 3.24. The van der Waals surface area contributed by atoms with E-state index in [2.05, 4.69) is 25.8 Å². The van der Waals surface area contributed by atoms with Gasteiger partial charge in [-0.25, -0.2) is 8.42 Å². The van der Waals surface area contributed by atoms with Crippen molar-refractivity contribution in [1.82, 2.24) is 4.98 Å². The van der Waals surface area contributed by atoms with E-state index in [9.17, 15) is 13.2 Å². The first kappa shape index (κ1) is 22.4. The van der Waals surface area contributed by atoms with Crippen molar-refractivity contribution in [1.29, 1.82) is 0 Å². The second-order valence-corrected chi connectivity index (χ2v) is 11.6. The van der Waals surface area contributed by atoms with Crippen molar-refractivity contribution in [2.75, 3.05) is 18.0 Å². The van der Waals surface area contributed by atoms with Crippen LogP contribution in [0.25, 0.3) is 21.0 Å². The number of nitrogens with one attached hydrogen (secondary N) is 1. The van der Waals surface area contributed by atoms with Gasteiger partial charge in [0.25, 0.3) is 15.6 Å². The Kier molecular flexibility index (Phi) is 5.77. The number of anilines is 1. The zero-order valence-electron chi connectivity index (χ0n) is 18.5. The minimum atomic E-state index is -3.90. The fourth-order valence-electron chi connectivity index (χ4n) is 3.73. The number of sulfonamides is 1. The number of aromatic nitrogens is 1. The van der Waals surface area contributed by atoms with E-state index in [0.717, 1.165) is 0 Å². The third-order valence-electron chi connectivity index (χ3n) is 5.40. The van der Waals surface area contributed by atoms with Gasteiger partial charge in [0.15, 0.2) is 0 Å². The molecule has 4 aromatic rings. The minimum absolute atomic E-state index is 0.0890. The van der Waals surface area contributed by atoms with Gasteiger partial charge in [-0.2, -0.15) is 0 Å². The molecule has 0 aliphatic carbocycles. The second-order valence-electron chi connectivity index (χ2n) is 8.86. The number of methoxy groups -OCH3 is 1. The summed E-state index contributed by atoms with van der Waals surface area (Å²) in [4.78, 5) is 15.7. The molecule has 0 saturated carbocycles. The van der Waals surface area contributed by atoms with Gasteiger partial charge in [0.1, 0.15) is 16.1 Å². The molecule has 0 atom stereocenters. The Morgan fingerprint density at radius 2 is 1.78 bits per heavy atom. The third kappa shape index (κ3) is 4.00. The fourth-order valence-corrected chi connectivity index (χ4v) is 6.04. The number of aromatic amines is 1. The van der Waals surface area contributed by atoms with Crippen LogP contribution in [0.4, 0.5) is 5.69 Å². The van der Waals surface area contributed by atoms with Gasteiger partial charge < -0.3 is 9.72 Å². The molecule has 168 valence electrons. The van der Waals surface area contributed by atoms with E-state index >= 15 is 0 Å². The maximum Gasteiger partial charge on any atom is 0.266 e. The Balaban J connectivity index is 2.07. The van der Waals surface area contributed by atoms with Crippen molar-refractivity contribution in [2.24, 2.45) is 5.41 Å². The summed E-state index contributed by atoms with van der Waals surface area (Å²) in [7, 11) is -2.37. The average molecular weight is 471 g/mol. The Hall–Kier alpha value is -2.84. The molecule has 1 N–H and O–H groups in total. The molecule has 2 aromatic heterocycles. The van der Waals surface area contributed by atoms with E-state index in [1.54, 1.807) is 42.5 Å². The van der Waals surface area contributed by atoms with E-state index in [4.69, 9.17) is 4.74 Å². The van der Waals surface area contributed by atoms with Gasteiger partial charge >= 0.3 is 0 Å². The molecule has 0 unspecified atom stereocenters. The first-order valence-corrected chi connectivity index (χ1v) is 12.6. The van der Waals surface area contributed by atoms with Crippen LogP contribution in [0.1, 0.15) is 27.2 Å². The molecular weight excluding hydrogens is 444 g/mol. The first-order chi connectivity index (χ1) is 15.1. The smallest absolute Gasteiger partial charge is 0.266 e. The lowest BCUT2D eigenvalue weighted by Crippen LogP contribution is -2.34. The van der Waals surface area contributed by atoms with Crippen LogP contribution in [0.2, 0.25) is 0 Å². The Bertz CT molecular complexity index is 1430. The topological polar surface area (TPSA) is 79.5 Å². The number of ether oxygens (including phenoxy) is 1. The van der Waals surface area contributed by atoms with E-state index in [1.807, 2.05) is 11.4 Å². The molecule has 0 aliphatic heterocycles. The van der Waals surface area contributed by atoms with Gasteiger partial charge in [-0.3, -0.25) is 9.10 Å². The predicted molar refractivity (Wildman–Crippen MR) is 132 cm³/mol. The van der Waals surface area contributed by atoms with E-state index in [0.29, 0.717) is 38.8 Å². The molecule has 0 bridgehead atoms. The van der Waals surface area contributed by atoms with Crippen molar-refractivity contribution in [3.05, 3.63) is 64.3 Å². The molecule has 32 heavy (non-hydrogen) atoms. The van der Waals surface area contributed by atoms with Crippen LogP contribution in [0, 0.1) is 5.41 Å². The van der Waals surface area contributed by atoms with Gasteiger partial charge in [-0.05, 0) is 47.5 Å². The molecule has 4 rings (SSSR count). The number of benzene rings is 2. The fraction of sp³-hybridized carbons (Fsp3) is 0.292. The predicted octanol–water partition coefficient (Wildman–Crippen LogP) is 5.38. The number of H-pyrrole nitrogens is 1. The lowest BCUT2D eigenvalue weighted by atomic mass is 9.92. The zero-order valence-corrected chi connectivity index (χ0v) is 20.1. The normalized spacial score (nSPS) is 12.4. The van der Waals surface area contributed by atoms with Crippen LogP contribution in [0.3, 0.4) is 0 Å². The molecule has 6 nitrogen and oxygen atoms in total. The van der Waals surface area contributed by atoms with Crippen molar-refractivity contribution in [3.63, 3.8) is 0 Å². The first-order valence-electron chi connectivity index (χ1n) is 10.3. The van der Waals surface area contributed by atoms with Crippen molar-refractivity contribution >= 4 is 48.0 Å². The summed E-state index contributed by atoms with van der Waals surface area (Å²) < 4.78 is 35.5. The van der Waals surface area contributed by atoms with E-state index in [-0.39, 0.29) is 22.4 Å². The minimum Gasteiger partial charge on any atom is -0.495 e. The van der Waals surface area contributed by atoms with Crippen LogP contribution in [0.15, 0.2) is 63.6 Å². The maximum absolute atomic E-state index is 13.9. The second kappa shape index (κ2) is 8.26. The number of fused-ring (bicyclic) bond motifs is 3. The van der Waals surface area contributed by atoms with E-state index < -0.39 is 10.0 Å². The van der Waals surface area contributed by atoms with Crippen LogP contribution in [-0.4, -0.2) is 27.1 Å². The van der Waals surface area contributed by atoms with Crippen molar-refractivity contribution in [2.45, 2.75) is 32.1 Å². The van der Waals surface area contributed by atoms with Crippen LogP contribution >= 0.6 is 11.3 Å². The number of pyridine rings is 1. The van der Waals surface area contributed by atoms with Gasteiger partial charge in [0.05, 0.1) is 17.5 Å². The summed E-state index contributed by atoms with van der Waals surface area (Å²) >= 11 is 1.33. The summed E-state index contributed by atoms with van der Waals surface area (Å²) in [5, 5.41) is 3.22. The van der Waals surface area contributed by atoms with E-state index in [1.165, 1.54) is 22.8 Å². The van der Waals surface area contributed by atoms with Gasteiger partial charge in [-0.1, -0.05) is 39.0 Å². The summed E-state index contributed by atoms with van der Waals surface area (Å²) in [6, 6.07) is 13.7. The van der Waals surface area contributed by atoms with Crippen LogP contribution in [0.5, 0.6) is 5.75 Å². The number of hydrogen-bond donors (Lipinski definition) is 1. The number of thiophene rings is 1. The van der Waals surface area contributed by atoms with Gasteiger partial charge in [0, 0.05) is 17.3 Å². The number of nitrogens with zero attached hydrogens (tertiary/aromatic N) is 1. The third-order valence-corrected chi connectivity index (χ3v) is 8.12. The molecule has 0 saturated heterocycles. The lowest BCUT2D eigenvalue weighted by molar-refractivity contribution is 0.383. The van der Waals surface area contributed by atoms with Crippen LogP contribution in [-0.2, 0) is 10.0 Å². The molecule has 0 spiro atoms. The highest BCUT2D eigenvalue weighted by molar-refractivity contribution is 7.92. The Morgan fingerprint density at radius 1 is 1.06 bits per heavy atom. The number of hydrogen-bond acceptors (Lipinski definition) is 5. The maximum atomic E-state index is 13.9. The largest absolute Gasteiger partial charge is 0.495 e. The molecular formula is C24H26N2O4S2. The zero-order chi connectivity index (χ0) is 23.1.